The van der Waals surface area contributed by atoms with Gasteiger partial charge in [0, 0.05) is 19.5 Å². The summed E-state index contributed by atoms with van der Waals surface area (Å²) in [6.45, 7) is 8.50. The third kappa shape index (κ3) is 6.21. The monoisotopic (exact) mass is 364 g/mol. The first kappa shape index (κ1) is 19.6. The molecule has 0 saturated carbocycles. The van der Waals surface area contributed by atoms with Gasteiger partial charge in [0.05, 0.1) is 0 Å². The highest BCUT2D eigenvalue weighted by atomic mass is 16.1. The highest BCUT2D eigenvalue weighted by Gasteiger charge is 2.15. The molecule has 1 heterocycles. The van der Waals surface area contributed by atoms with E-state index in [0.717, 1.165) is 18.0 Å². The van der Waals surface area contributed by atoms with E-state index in [1.54, 1.807) is 0 Å². The molecule has 1 saturated heterocycles. The van der Waals surface area contributed by atoms with Crippen molar-refractivity contribution in [2.75, 3.05) is 13.1 Å². The molecule has 1 N–H and O–H groups in total. The van der Waals surface area contributed by atoms with Crippen LogP contribution in [-0.2, 0) is 17.9 Å². The molecule has 0 radical (unpaired) electrons. The van der Waals surface area contributed by atoms with Crippen molar-refractivity contribution < 1.29 is 4.79 Å². The third-order valence-electron chi connectivity index (χ3n) is 5.66. The summed E-state index contributed by atoms with van der Waals surface area (Å²) in [5.41, 5.74) is 3.73. The van der Waals surface area contributed by atoms with Gasteiger partial charge in [0.25, 0.3) is 0 Å². The van der Waals surface area contributed by atoms with Gasteiger partial charge in [-0.2, -0.15) is 0 Å². The summed E-state index contributed by atoms with van der Waals surface area (Å²) in [6, 6.07) is 18.9. The summed E-state index contributed by atoms with van der Waals surface area (Å²) in [6.07, 6.45) is 3.15. The molecule has 2 aromatic carbocycles. The van der Waals surface area contributed by atoms with Crippen molar-refractivity contribution in [2.24, 2.45) is 5.92 Å². The zero-order valence-corrected chi connectivity index (χ0v) is 16.7. The van der Waals surface area contributed by atoms with Gasteiger partial charge in [-0.3, -0.25) is 9.69 Å². The number of rotatable bonds is 7. The Morgan fingerprint density at radius 3 is 2.33 bits per heavy atom. The van der Waals surface area contributed by atoms with Gasteiger partial charge in [0.15, 0.2) is 0 Å². The minimum Gasteiger partial charge on any atom is -0.352 e. The van der Waals surface area contributed by atoms with Crippen molar-refractivity contribution in [3.63, 3.8) is 0 Å². The molecule has 0 bridgehead atoms. The topological polar surface area (TPSA) is 32.3 Å². The lowest BCUT2D eigenvalue weighted by molar-refractivity contribution is -0.121. The zero-order chi connectivity index (χ0) is 19.1. The van der Waals surface area contributed by atoms with E-state index in [0.29, 0.717) is 13.0 Å². The SMILES string of the molecule is CC1CCN(Cc2ccc(CNC(=O)CC(C)c3ccccc3)cc2)CC1. The molecule has 0 aromatic heterocycles. The van der Waals surface area contributed by atoms with Crippen molar-refractivity contribution in [2.45, 2.75) is 52.1 Å². The van der Waals surface area contributed by atoms with Crippen molar-refractivity contribution >= 4 is 5.91 Å². The number of benzene rings is 2. The van der Waals surface area contributed by atoms with Gasteiger partial charge in [0.2, 0.25) is 5.91 Å². The smallest absolute Gasteiger partial charge is 0.220 e. The molecule has 2 aromatic rings. The Hall–Kier alpha value is -2.13. The first-order chi connectivity index (χ1) is 13.1. The van der Waals surface area contributed by atoms with Crippen LogP contribution in [0.15, 0.2) is 54.6 Å². The second-order valence-corrected chi connectivity index (χ2v) is 8.07. The molecule has 0 spiro atoms. The number of hydrogen-bond donors (Lipinski definition) is 1. The average molecular weight is 365 g/mol. The molecule has 27 heavy (non-hydrogen) atoms. The number of nitrogens with zero attached hydrogens (tertiary/aromatic N) is 1. The predicted octanol–water partition coefficient (Wildman–Crippen LogP) is 4.73. The van der Waals surface area contributed by atoms with Crippen molar-refractivity contribution in [3.8, 4) is 0 Å². The van der Waals surface area contributed by atoms with Crippen LogP contribution < -0.4 is 5.32 Å². The van der Waals surface area contributed by atoms with Crippen LogP contribution in [0.1, 0.15) is 55.7 Å². The lowest BCUT2D eigenvalue weighted by atomic mass is 9.97. The summed E-state index contributed by atoms with van der Waals surface area (Å²) in [5.74, 6) is 1.22. The molecule has 1 atom stereocenters. The molecule has 1 fully saturated rings. The molecule has 1 aliphatic rings. The second-order valence-electron chi connectivity index (χ2n) is 8.07. The van der Waals surface area contributed by atoms with Gasteiger partial charge < -0.3 is 5.32 Å². The summed E-state index contributed by atoms with van der Waals surface area (Å²) in [4.78, 5) is 14.8. The van der Waals surface area contributed by atoms with Gasteiger partial charge >= 0.3 is 0 Å². The number of carbonyl (C=O) groups excluding carboxylic acids is 1. The summed E-state index contributed by atoms with van der Waals surface area (Å²) < 4.78 is 0. The van der Waals surface area contributed by atoms with Gasteiger partial charge in [-0.1, -0.05) is 68.4 Å². The van der Waals surface area contributed by atoms with Crippen LogP contribution in [0, 0.1) is 5.92 Å². The molecule has 0 aliphatic carbocycles. The fraction of sp³-hybridized carbons (Fsp3) is 0.458. The van der Waals surface area contributed by atoms with Gasteiger partial charge in [0.1, 0.15) is 0 Å². The highest BCUT2D eigenvalue weighted by molar-refractivity contribution is 5.76. The molecule has 3 rings (SSSR count). The van der Waals surface area contributed by atoms with Crippen LogP contribution in [0.25, 0.3) is 0 Å². The summed E-state index contributed by atoms with van der Waals surface area (Å²) in [5, 5.41) is 3.06. The molecule has 1 aliphatic heterocycles. The Kier molecular flexibility index (Phi) is 7.05. The fourth-order valence-corrected chi connectivity index (χ4v) is 3.69. The highest BCUT2D eigenvalue weighted by Crippen LogP contribution is 2.19. The Balaban J connectivity index is 1.42. The number of carbonyl (C=O) groups is 1. The first-order valence-electron chi connectivity index (χ1n) is 10.2. The van der Waals surface area contributed by atoms with Crippen LogP contribution in [-0.4, -0.2) is 23.9 Å². The maximum Gasteiger partial charge on any atom is 0.220 e. The average Bonchev–Trinajstić information content (AvgIpc) is 2.70. The van der Waals surface area contributed by atoms with E-state index in [1.165, 1.54) is 37.1 Å². The normalized spacial score (nSPS) is 16.8. The van der Waals surface area contributed by atoms with E-state index in [-0.39, 0.29) is 11.8 Å². The van der Waals surface area contributed by atoms with E-state index < -0.39 is 0 Å². The lowest BCUT2D eigenvalue weighted by Crippen LogP contribution is -2.32. The van der Waals surface area contributed by atoms with E-state index in [1.807, 2.05) is 18.2 Å². The van der Waals surface area contributed by atoms with E-state index in [2.05, 4.69) is 60.5 Å². The van der Waals surface area contributed by atoms with E-state index in [4.69, 9.17) is 0 Å². The fourth-order valence-electron chi connectivity index (χ4n) is 3.69. The molecule has 3 heteroatoms. The van der Waals surface area contributed by atoms with E-state index in [9.17, 15) is 4.79 Å². The van der Waals surface area contributed by atoms with Crippen LogP contribution in [0.2, 0.25) is 0 Å². The number of likely N-dealkylation sites (tertiary alicyclic amines) is 1. The molecule has 1 unspecified atom stereocenters. The van der Waals surface area contributed by atoms with E-state index >= 15 is 0 Å². The third-order valence-corrected chi connectivity index (χ3v) is 5.66. The standard InChI is InChI=1S/C24H32N2O/c1-19-12-14-26(15-13-19)18-22-10-8-21(9-11-22)17-25-24(27)16-20(2)23-6-4-3-5-7-23/h3-11,19-20H,12-18H2,1-2H3,(H,25,27). The van der Waals surface area contributed by atoms with Crippen LogP contribution in [0.3, 0.4) is 0 Å². The first-order valence-corrected chi connectivity index (χ1v) is 10.2. The molecular weight excluding hydrogens is 332 g/mol. The lowest BCUT2D eigenvalue weighted by Gasteiger charge is -2.30. The minimum absolute atomic E-state index is 0.109. The largest absolute Gasteiger partial charge is 0.352 e. The maximum atomic E-state index is 12.2. The van der Waals surface area contributed by atoms with Crippen LogP contribution in [0.4, 0.5) is 0 Å². The Morgan fingerprint density at radius 2 is 1.67 bits per heavy atom. The minimum atomic E-state index is 0.109. The predicted molar refractivity (Wildman–Crippen MR) is 111 cm³/mol. The molecule has 144 valence electrons. The summed E-state index contributed by atoms with van der Waals surface area (Å²) >= 11 is 0. The summed E-state index contributed by atoms with van der Waals surface area (Å²) in [7, 11) is 0. The number of nitrogens with one attached hydrogen (secondary N) is 1. The van der Waals surface area contributed by atoms with Crippen molar-refractivity contribution in [3.05, 3.63) is 71.3 Å². The Bertz CT molecular complexity index is 703. The van der Waals surface area contributed by atoms with Crippen LogP contribution >= 0.6 is 0 Å². The maximum absolute atomic E-state index is 12.2. The zero-order valence-electron chi connectivity index (χ0n) is 16.7. The molecular formula is C24H32N2O. The molecule has 1 amide bonds. The van der Waals surface area contributed by atoms with Crippen LogP contribution in [0.5, 0.6) is 0 Å². The number of amides is 1. The Morgan fingerprint density at radius 1 is 1.04 bits per heavy atom. The number of hydrogen-bond acceptors (Lipinski definition) is 2. The van der Waals surface area contributed by atoms with Crippen molar-refractivity contribution in [1.29, 1.82) is 0 Å². The second kappa shape index (κ2) is 9.70. The van der Waals surface area contributed by atoms with Gasteiger partial charge in [-0.25, -0.2) is 0 Å². The quantitative estimate of drug-likeness (QED) is 0.770. The molecule has 3 nitrogen and oxygen atoms in total. The Labute approximate surface area is 163 Å². The number of piperidine rings is 1. The van der Waals surface area contributed by atoms with Crippen molar-refractivity contribution in [1.82, 2.24) is 10.2 Å². The van der Waals surface area contributed by atoms with Gasteiger partial charge in [-0.05, 0) is 54.5 Å². The van der Waals surface area contributed by atoms with Gasteiger partial charge in [-0.15, -0.1) is 0 Å².